The number of carbonyl (C=O) groups excluding carboxylic acids is 1. The van der Waals surface area contributed by atoms with Crippen LogP contribution < -0.4 is 10.1 Å². The first-order valence-corrected chi connectivity index (χ1v) is 10.9. The molecule has 5 heteroatoms. The highest BCUT2D eigenvalue weighted by Gasteiger charge is 2.34. The number of nitrogens with one attached hydrogen (secondary N) is 1. The van der Waals surface area contributed by atoms with E-state index in [0.29, 0.717) is 23.2 Å². The van der Waals surface area contributed by atoms with Gasteiger partial charge in [0.05, 0.1) is 12.6 Å². The van der Waals surface area contributed by atoms with Crippen molar-refractivity contribution in [1.29, 1.82) is 0 Å². The van der Waals surface area contributed by atoms with Crippen LogP contribution in [0.4, 0.5) is 0 Å². The summed E-state index contributed by atoms with van der Waals surface area (Å²) in [5.74, 6) is 1.26. The summed E-state index contributed by atoms with van der Waals surface area (Å²) in [4.78, 5) is 15.6. The van der Waals surface area contributed by atoms with E-state index in [9.17, 15) is 4.79 Å². The molecule has 0 fully saturated rings. The molecule has 1 N–H and O–H groups in total. The molecule has 1 aliphatic rings. The first-order valence-electron chi connectivity index (χ1n) is 10.5. The molecule has 1 heterocycles. The fraction of sp³-hybridized carbons (Fsp3) is 0.360. The van der Waals surface area contributed by atoms with Gasteiger partial charge in [-0.1, -0.05) is 63.2 Å². The van der Waals surface area contributed by atoms with Crippen molar-refractivity contribution in [3.05, 3.63) is 77.0 Å². The molecule has 1 atom stereocenters. The molecule has 2 aromatic carbocycles. The number of carbonyl (C=O) groups is 1. The molecule has 1 unspecified atom stereocenters. The number of ketones is 1. The van der Waals surface area contributed by atoms with Crippen molar-refractivity contribution in [2.75, 3.05) is 13.2 Å². The Hall–Kier alpha value is -2.66. The molecule has 0 aliphatic carbocycles. The largest absolute Gasteiger partial charge is 0.493 e. The SMILES string of the molecule is CCCN1C(=S)NC(c2cccc(OCC(C)C)c2)C(C(=O)c2ccccc2)=C1C. The van der Waals surface area contributed by atoms with Crippen LogP contribution in [0.5, 0.6) is 5.75 Å². The van der Waals surface area contributed by atoms with E-state index in [4.69, 9.17) is 17.0 Å². The molecule has 0 radical (unpaired) electrons. The van der Waals surface area contributed by atoms with Gasteiger partial charge < -0.3 is 15.0 Å². The average Bonchev–Trinajstić information content (AvgIpc) is 2.75. The van der Waals surface area contributed by atoms with Crippen LogP contribution in [-0.4, -0.2) is 28.9 Å². The van der Waals surface area contributed by atoms with Crippen LogP contribution in [0.25, 0.3) is 0 Å². The number of benzene rings is 2. The molecule has 3 rings (SSSR count). The van der Waals surface area contributed by atoms with Gasteiger partial charge >= 0.3 is 0 Å². The van der Waals surface area contributed by atoms with E-state index in [-0.39, 0.29) is 11.8 Å². The highest BCUT2D eigenvalue weighted by Crippen LogP contribution is 2.34. The zero-order valence-electron chi connectivity index (χ0n) is 18.1. The van der Waals surface area contributed by atoms with Gasteiger partial charge in [-0.25, -0.2) is 0 Å². The van der Waals surface area contributed by atoms with Crippen LogP contribution in [0.3, 0.4) is 0 Å². The third-order valence-electron chi connectivity index (χ3n) is 5.10. The van der Waals surface area contributed by atoms with Crippen LogP contribution in [0.15, 0.2) is 65.9 Å². The molecule has 30 heavy (non-hydrogen) atoms. The minimum atomic E-state index is -0.319. The van der Waals surface area contributed by atoms with Crippen LogP contribution in [0.2, 0.25) is 0 Å². The number of thiocarbonyl (C=S) groups is 1. The Bertz CT molecular complexity index is 937. The Morgan fingerprint density at radius 3 is 2.57 bits per heavy atom. The third kappa shape index (κ3) is 4.90. The number of allylic oxidation sites excluding steroid dienone is 1. The summed E-state index contributed by atoms with van der Waals surface area (Å²) in [6.45, 7) is 9.76. The van der Waals surface area contributed by atoms with Gasteiger partial charge in [0.1, 0.15) is 5.75 Å². The summed E-state index contributed by atoms with van der Waals surface area (Å²) in [5, 5.41) is 4.06. The molecule has 1 aliphatic heterocycles. The van der Waals surface area contributed by atoms with Crippen molar-refractivity contribution in [3.8, 4) is 5.75 Å². The molecule has 2 aromatic rings. The number of ether oxygens (including phenoxy) is 1. The van der Waals surface area contributed by atoms with E-state index in [1.165, 1.54) is 0 Å². The summed E-state index contributed by atoms with van der Waals surface area (Å²) >= 11 is 5.66. The summed E-state index contributed by atoms with van der Waals surface area (Å²) in [6, 6.07) is 17.0. The van der Waals surface area contributed by atoms with E-state index in [1.54, 1.807) is 0 Å². The predicted molar refractivity (Wildman–Crippen MR) is 126 cm³/mol. The van der Waals surface area contributed by atoms with Crippen LogP contribution in [0, 0.1) is 5.92 Å². The molecule has 0 spiro atoms. The number of Topliss-reactive ketones (excluding diaryl/α,β-unsaturated/α-hetero) is 1. The van der Waals surface area contributed by atoms with Crippen molar-refractivity contribution in [3.63, 3.8) is 0 Å². The summed E-state index contributed by atoms with van der Waals surface area (Å²) in [5.41, 5.74) is 3.28. The Labute approximate surface area is 184 Å². The normalized spacial score (nSPS) is 16.6. The molecule has 4 nitrogen and oxygen atoms in total. The van der Waals surface area contributed by atoms with Gasteiger partial charge in [-0.05, 0) is 49.2 Å². The number of hydrogen-bond acceptors (Lipinski definition) is 3. The van der Waals surface area contributed by atoms with Gasteiger partial charge in [0, 0.05) is 23.4 Å². The Balaban J connectivity index is 2.04. The molecule has 0 bridgehead atoms. The van der Waals surface area contributed by atoms with Crippen LogP contribution in [0.1, 0.15) is 56.1 Å². The Morgan fingerprint density at radius 2 is 1.90 bits per heavy atom. The maximum absolute atomic E-state index is 13.6. The summed E-state index contributed by atoms with van der Waals surface area (Å²) in [6.07, 6.45) is 0.940. The first-order chi connectivity index (χ1) is 14.4. The monoisotopic (exact) mass is 422 g/mol. The third-order valence-corrected chi connectivity index (χ3v) is 5.44. The smallest absolute Gasteiger partial charge is 0.193 e. The van der Waals surface area contributed by atoms with Crippen LogP contribution in [-0.2, 0) is 0 Å². The fourth-order valence-corrected chi connectivity index (χ4v) is 3.96. The van der Waals surface area contributed by atoms with Gasteiger partial charge in [0.25, 0.3) is 0 Å². The fourth-order valence-electron chi connectivity index (χ4n) is 3.61. The van der Waals surface area contributed by atoms with Gasteiger partial charge in [-0.2, -0.15) is 0 Å². The van der Waals surface area contributed by atoms with Gasteiger partial charge in [0.2, 0.25) is 0 Å². The number of hydrogen-bond donors (Lipinski definition) is 1. The average molecular weight is 423 g/mol. The second-order valence-electron chi connectivity index (χ2n) is 8.01. The maximum atomic E-state index is 13.6. The van der Waals surface area contributed by atoms with Crippen molar-refractivity contribution in [2.24, 2.45) is 5.92 Å². The van der Waals surface area contributed by atoms with E-state index >= 15 is 0 Å². The lowest BCUT2D eigenvalue weighted by atomic mass is 9.89. The zero-order valence-corrected chi connectivity index (χ0v) is 19.0. The second kappa shape index (κ2) is 9.90. The van der Waals surface area contributed by atoms with E-state index in [2.05, 4.69) is 26.1 Å². The number of rotatable bonds is 8. The highest BCUT2D eigenvalue weighted by molar-refractivity contribution is 7.80. The van der Waals surface area contributed by atoms with Crippen molar-refractivity contribution in [1.82, 2.24) is 10.2 Å². The van der Waals surface area contributed by atoms with Crippen molar-refractivity contribution < 1.29 is 9.53 Å². The van der Waals surface area contributed by atoms with Crippen molar-refractivity contribution >= 4 is 23.1 Å². The lowest BCUT2D eigenvalue weighted by Crippen LogP contribution is -2.47. The molecule has 0 aromatic heterocycles. The van der Waals surface area contributed by atoms with Gasteiger partial charge in [-0.3, -0.25) is 4.79 Å². The molecule has 0 saturated carbocycles. The molecule has 0 amide bonds. The topological polar surface area (TPSA) is 41.6 Å². The summed E-state index contributed by atoms with van der Waals surface area (Å²) < 4.78 is 5.92. The van der Waals surface area contributed by atoms with Gasteiger partial charge in [0.15, 0.2) is 10.9 Å². The lowest BCUT2D eigenvalue weighted by molar-refractivity contribution is 0.102. The lowest BCUT2D eigenvalue weighted by Gasteiger charge is -2.38. The Morgan fingerprint density at radius 1 is 1.17 bits per heavy atom. The van der Waals surface area contributed by atoms with E-state index in [1.807, 2.05) is 66.4 Å². The van der Waals surface area contributed by atoms with Crippen LogP contribution >= 0.6 is 12.2 Å². The minimum absolute atomic E-state index is 0.0164. The van der Waals surface area contributed by atoms with Gasteiger partial charge in [-0.15, -0.1) is 0 Å². The number of nitrogens with zero attached hydrogens (tertiary/aromatic N) is 1. The maximum Gasteiger partial charge on any atom is 0.193 e. The highest BCUT2D eigenvalue weighted by atomic mass is 32.1. The Kier molecular flexibility index (Phi) is 7.27. The quantitative estimate of drug-likeness (QED) is 0.448. The van der Waals surface area contributed by atoms with E-state index in [0.717, 1.165) is 35.5 Å². The molecular formula is C25H30N2O2S. The second-order valence-corrected chi connectivity index (χ2v) is 8.39. The summed E-state index contributed by atoms with van der Waals surface area (Å²) in [7, 11) is 0. The first kappa shape index (κ1) is 22.0. The van der Waals surface area contributed by atoms with E-state index < -0.39 is 0 Å². The zero-order chi connectivity index (χ0) is 21.7. The molecule has 158 valence electrons. The molecule has 0 saturated heterocycles. The standard InChI is InChI=1S/C25H30N2O2S/c1-5-14-27-18(4)22(24(28)19-10-7-6-8-11-19)23(26-25(27)30)20-12-9-13-21(15-20)29-16-17(2)3/h6-13,15,17,23H,5,14,16H2,1-4H3,(H,26,30). The molecular weight excluding hydrogens is 392 g/mol. The van der Waals surface area contributed by atoms with Crippen molar-refractivity contribution in [2.45, 2.75) is 40.2 Å². The predicted octanol–water partition coefficient (Wildman–Crippen LogP) is 5.52. The minimum Gasteiger partial charge on any atom is -0.493 e.